The Morgan fingerprint density at radius 1 is 1.05 bits per heavy atom. The Balaban J connectivity index is 3.81. The zero-order valence-electron chi connectivity index (χ0n) is 12.9. The number of nitrogens with one attached hydrogen (secondary N) is 1. The second-order valence-electron chi connectivity index (χ2n) is 4.04. The van der Waals surface area contributed by atoms with Gasteiger partial charge in [-0.25, -0.2) is 4.79 Å². The fourth-order valence-electron chi connectivity index (χ4n) is 1.25. The van der Waals surface area contributed by atoms with Gasteiger partial charge in [0.15, 0.2) is 0 Å². The summed E-state index contributed by atoms with van der Waals surface area (Å²) in [4.78, 5) is 22.5. The molecule has 0 saturated carbocycles. The van der Waals surface area contributed by atoms with Crippen molar-refractivity contribution < 1.29 is 32.3 Å². The van der Waals surface area contributed by atoms with E-state index in [0.29, 0.717) is 5.57 Å². The van der Waals surface area contributed by atoms with E-state index in [-0.39, 0.29) is 25.9 Å². The lowest BCUT2D eigenvalue weighted by atomic mass is 10.4. The molecule has 0 atom stereocenters. The van der Waals surface area contributed by atoms with Gasteiger partial charge in [0.2, 0.25) is 0 Å². The van der Waals surface area contributed by atoms with Crippen LogP contribution < -0.4 is 5.32 Å². The van der Waals surface area contributed by atoms with Crippen LogP contribution in [0.1, 0.15) is 6.92 Å². The fraction of sp³-hybridized carbons (Fsp3) is 0.667. The standard InChI is InChI=1S/C12H23NO7Si/c1-10(2)12(15)20-7-6-19-11(14)8-13-9-21(16-3,17-4)18-5/h13H,1,6-9H2,2-5H3. The summed E-state index contributed by atoms with van der Waals surface area (Å²) in [6, 6.07) is 0. The highest BCUT2D eigenvalue weighted by Gasteiger charge is 2.37. The van der Waals surface area contributed by atoms with Gasteiger partial charge in [-0.2, -0.15) is 0 Å². The summed E-state index contributed by atoms with van der Waals surface area (Å²) in [5.74, 6) is -0.993. The first kappa shape index (κ1) is 19.7. The monoisotopic (exact) mass is 321 g/mol. The summed E-state index contributed by atoms with van der Waals surface area (Å²) in [5.41, 5.74) is 0.294. The van der Waals surface area contributed by atoms with E-state index in [1.165, 1.54) is 28.3 Å². The minimum absolute atomic E-state index is 0.00959. The highest BCUT2D eigenvalue weighted by molar-refractivity contribution is 6.60. The third-order valence-electron chi connectivity index (χ3n) is 2.47. The number of esters is 2. The van der Waals surface area contributed by atoms with Gasteiger partial charge < -0.3 is 28.1 Å². The normalized spacial score (nSPS) is 11.0. The molecule has 9 heteroatoms. The molecule has 8 nitrogen and oxygen atoms in total. The Morgan fingerprint density at radius 3 is 2.05 bits per heavy atom. The van der Waals surface area contributed by atoms with Crippen LogP contribution in [0.25, 0.3) is 0 Å². The van der Waals surface area contributed by atoms with Crippen LogP contribution in [0, 0.1) is 0 Å². The smallest absolute Gasteiger partial charge is 0.461 e. The summed E-state index contributed by atoms with van der Waals surface area (Å²) in [7, 11) is 1.70. The maximum atomic E-state index is 11.4. The zero-order valence-corrected chi connectivity index (χ0v) is 13.9. The van der Waals surface area contributed by atoms with Crippen molar-refractivity contribution in [3.63, 3.8) is 0 Å². The van der Waals surface area contributed by atoms with Crippen LogP contribution in [-0.4, -0.2) is 68.0 Å². The molecule has 21 heavy (non-hydrogen) atoms. The molecule has 0 fully saturated rings. The first-order chi connectivity index (χ1) is 9.90. The van der Waals surface area contributed by atoms with Crippen molar-refractivity contribution in [1.29, 1.82) is 0 Å². The first-order valence-electron chi connectivity index (χ1n) is 6.25. The van der Waals surface area contributed by atoms with Crippen molar-refractivity contribution in [3.05, 3.63) is 12.2 Å². The van der Waals surface area contributed by atoms with Gasteiger partial charge in [-0.1, -0.05) is 6.58 Å². The van der Waals surface area contributed by atoms with E-state index in [1.54, 1.807) is 0 Å². The Hall–Kier alpha value is -1.26. The van der Waals surface area contributed by atoms with Crippen molar-refractivity contribution in [2.24, 2.45) is 0 Å². The van der Waals surface area contributed by atoms with Gasteiger partial charge in [0.05, 0.1) is 12.7 Å². The van der Waals surface area contributed by atoms with Crippen LogP contribution in [0.5, 0.6) is 0 Å². The molecule has 0 unspecified atom stereocenters. The molecule has 0 radical (unpaired) electrons. The van der Waals surface area contributed by atoms with E-state index in [0.717, 1.165) is 0 Å². The Bertz CT molecular complexity index is 349. The van der Waals surface area contributed by atoms with Gasteiger partial charge >= 0.3 is 20.7 Å². The zero-order chi connectivity index (χ0) is 16.3. The van der Waals surface area contributed by atoms with Crippen LogP contribution in [0.2, 0.25) is 0 Å². The van der Waals surface area contributed by atoms with E-state index in [2.05, 4.69) is 11.9 Å². The molecule has 0 aromatic carbocycles. The van der Waals surface area contributed by atoms with E-state index >= 15 is 0 Å². The third-order valence-corrected chi connectivity index (χ3v) is 5.02. The molecule has 0 spiro atoms. The number of ether oxygens (including phenoxy) is 2. The predicted molar refractivity (Wildman–Crippen MR) is 76.4 cm³/mol. The van der Waals surface area contributed by atoms with E-state index < -0.39 is 20.7 Å². The minimum atomic E-state index is -2.75. The number of rotatable bonds is 11. The highest BCUT2D eigenvalue weighted by Crippen LogP contribution is 2.03. The predicted octanol–water partition coefficient (Wildman–Crippen LogP) is -0.344. The number of carbonyl (C=O) groups excluding carboxylic acids is 2. The second-order valence-corrected chi connectivity index (χ2v) is 6.98. The largest absolute Gasteiger partial charge is 0.514 e. The molecule has 0 saturated heterocycles. The highest BCUT2D eigenvalue weighted by atomic mass is 28.4. The van der Waals surface area contributed by atoms with Gasteiger partial charge in [0, 0.05) is 26.9 Å². The Labute approximate surface area is 125 Å². The van der Waals surface area contributed by atoms with Gasteiger partial charge in [0.1, 0.15) is 13.2 Å². The third kappa shape index (κ3) is 7.92. The van der Waals surface area contributed by atoms with Crippen LogP contribution in [0.4, 0.5) is 0 Å². The molecule has 0 aromatic heterocycles. The molecule has 0 amide bonds. The molecule has 0 aliphatic carbocycles. The first-order valence-corrected chi connectivity index (χ1v) is 8.18. The number of carbonyl (C=O) groups is 2. The summed E-state index contributed by atoms with van der Waals surface area (Å²) >= 11 is 0. The molecule has 0 aliphatic heterocycles. The van der Waals surface area contributed by atoms with Crippen molar-refractivity contribution in [2.75, 3.05) is 47.3 Å². The van der Waals surface area contributed by atoms with Crippen molar-refractivity contribution in [2.45, 2.75) is 6.92 Å². The summed E-state index contributed by atoms with van der Waals surface area (Å²) < 4.78 is 25.2. The van der Waals surface area contributed by atoms with Gasteiger partial charge in [-0.3, -0.25) is 4.79 Å². The summed E-state index contributed by atoms with van der Waals surface area (Å²) in [6.07, 6.45) is 0.274. The Kier molecular flexibility index (Phi) is 9.83. The quantitative estimate of drug-likeness (QED) is 0.239. The topological polar surface area (TPSA) is 92.3 Å². The molecule has 1 N–H and O–H groups in total. The summed E-state index contributed by atoms with van der Waals surface area (Å²) in [5, 5.41) is 2.84. The van der Waals surface area contributed by atoms with E-state index in [4.69, 9.17) is 22.8 Å². The number of hydrogen-bond donors (Lipinski definition) is 1. The van der Waals surface area contributed by atoms with Crippen LogP contribution in [0.15, 0.2) is 12.2 Å². The van der Waals surface area contributed by atoms with Crippen molar-refractivity contribution >= 4 is 20.7 Å². The Morgan fingerprint density at radius 2 is 1.57 bits per heavy atom. The molecule has 0 aliphatic rings. The van der Waals surface area contributed by atoms with Gasteiger partial charge in [-0.15, -0.1) is 0 Å². The molecular formula is C12H23NO7Si. The molecule has 0 rings (SSSR count). The van der Waals surface area contributed by atoms with Crippen LogP contribution in [-0.2, 0) is 32.3 Å². The SMILES string of the molecule is C=C(C)C(=O)OCCOC(=O)CNC[Si](OC)(OC)OC. The summed E-state index contributed by atoms with van der Waals surface area (Å²) in [6.45, 7) is 4.92. The van der Waals surface area contributed by atoms with Gasteiger partial charge in [0.25, 0.3) is 0 Å². The second kappa shape index (κ2) is 10.5. The average molecular weight is 321 g/mol. The molecule has 122 valence electrons. The lowest BCUT2D eigenvalue weighted by molar-refractivity contribution is -0.149. The molecular weight excluding hydrogens is 298 g/mol. The molecule has 0 bridgehead atoms. The fourth-order valence-corrected chi connectivity index (χ4v) is 2.61. The molecule has 0 heterocycles. The molecule has 0 aromatic rings. The maximum absolute atomic E-state index is 11.4. The lowest BCUT2D eigenvalue weighted by Gasteiger charge is -2.24. The van der Waals surface area contributed by atoms with Crippen LogP contribution >= 0.6 is 0 Å². The van der Waals surface area contributed by atoms with Crippen molar-refractivity contribution in [3.8, 4) is 0 Å². The van der Waals surface area contributed by atoms with Crippen LogP contribution in [0.3, 0.4) is 0 Å². The van der Waals surface area contributed by atoms with Crippen molar-refractivity contribution in [1.82, 2.24) is 5.32 Å². The van der Waals surface area contributed by atoms with E-state index in [9.17, 15) is 9.59 Å². The maximum Gasteiger partial charge on any atom is 0.514 e. The number of hydrogen-bond acceptors (Lipinski definition) is 8. The minimum Gasteiger partial charge on any atom is -0.461 e. The van der Waals surface area contributed by atoms with E-state index in [1.807, 2.05) is 0 Å². The lowest BCUT2D eigenvalue weighted by Crippen LogP contribution is -2.53. The van der Waals surface area contributed by atoms with Gasteiger partial charge in [-0.05, 0) is 6.92 Å². The average Bonchev–Trinajstić information content (AvgIpc) is 2.48.